The first-order valence-corrected chi connectivity index (χ1v) is 11.0. The van der Waals surface area contributed by atoms with Crippen LogP contribution in [0.25, 0.3) is 6.08 Å². The molecular weight excluding hydrogens is 541 g/mol. The SMILES string of the molecule is O=C1C(=Cc2ccc(Cl)cc2Cl)N=C(c2ccccc2)N1c1c(Cl)cc([N+](=O)[O-])cc1Br. The van der Waals surface area contributed by atoms with Gasteiger partial charge in [-0.05, 0) is 39.7 Å². The summed E-state index contributed by atoms with van der Waals surface area (Å²) in [7, 11) is 0. The molecule has 1 amide bonds. The lowest BCUT2D eigenvalue weighted by molar-refractivity contribution is -0.384. The lowest BCUT2D eigenvalue weighted by atomic mass is 10.1. The molecule has 32 heavy (non-hydrogen) atoms. The lowest BCUT2D eigenvalue weighted by Gasteiger charge is -2.21. The van der Waals surface area contributed by atoms with Crippen molar-refractivity contribution in [1.82, 2.24) is 0 Å². The zero-order chi connectivity index (χ0) is 23.0. The molecule has 0 spiro atoms. The van der Waals surface area contributed by atoms with Crippen molar-refractivity contribution in [3.8, 4) is 0 Å². The Bertz CT molecular complexity index is 1300. The van der Waals surface area contributed by atoms with Gasteiger partial charge in [-0.2, -0.15) is 0 Å². The van der Waals surface area contributed by atoms with Crippen molar-refractivity contribution >= 4 is 79.9 Å². The summed E-state index contributed by atoms with van der Waals surface area (Å²) < 4.78 is 0.277. The predicted molar refractivity (Wildman–Crippen MR) is 131 cm³/mol. The third-order valence-corrected chi connectivity index (χ3v) is 6.04. The van der Waals surface area contributed by atoms with E-state index >= 15 is 0 Å². The monoisotopic (exact) mass is 549 g/mol. The van der Waals surface area contributed by atoms with E-state index in [1.165, 1.54) is 17.0 Å². The minimum atomic E-state index is -0.563. The zero-order valence-corrected chi connectivity index (χ0v) is 19.8. The molecule has 0 saturated carbocycles. The Morgan fingerprint density at radius 2 is 1.72 bits per heavy atom. The van der Waals surface area contributed by atoms with Gasteiger partial charge in [0.1, 0.15) is 11.5 Å². The number of carbonyl (C=O) groups excluding carboxylic acids is 1. The molecule has 0 aliphatic carbocycles. The fourth-order valence-corrected chi connectivity index (χ4v) is 4.64. The Kier molecular flexibility index (Phi) is 6.35. The van der Waals surface area contributed by atoms with Crippen molar-refractivity contribution in [2.45, 2.75) is 0 Å². The van der Waals surface area contributed by atoms with E-state index in [2.05, 4.69) is 20.9 Å². The van der Waals surface area contributed by atoms with Gasteiger partial charge >= 0.3 is 0 Å². The highest BCUT2D eigenvalue weighted by molar-refractivity contribution is 9.10. The van der Waals surface area contributed by atoms with E-state index in [0.29, 0.717) is 27.0 Å². The molecule has 0 aromatic heterocycles. The van der Waals surface area contributed by atoms with Gasteiger partial charge in [-0.25, -0.2) is 4.99 Å². The standard InChI is InChI=1S/C22H11BrCl3N3O3/c23-16-10-15(29(31)32)11-18(26)20(16)28-21(12-4-2-1-3-5-12)27-19(22(28)30)8-13-6-7-14(24)9-17(13)25/h1-11H. The number of amides is 1. The summed E-state index contributed by atoms with van der Waals surface area (Å²) in [6.45, 7) is 0. The number of carbonyl (C=O) groups is 1. The number of non-ortho nitro benzene ring substituents is 1. The third kappa shape index (κ3) is 4.29. The Hall–Kier alpha value is -2.71. The fraction of sp³-hybridized carbons (Fsp3) is 0. The molecule has 0 atom stereocenters. The van der Waals surface area contributed by atoms with Crippen LogP contribution < -0.4 is 4.90 Å². The summed E-state index contributed by atoms with van der Waals surface area (Å²) in [6.07, 6.45) is 1.55. The molecule has 3 aromatic carbocycles. The van der Waals surface area contributed by atoms with Gasteiger partial charge in [-0.15, -0.1) is 0 Å². The van der Waals surface area contributed by atoms with Crippen LogP contribution in [0, 0.1) is 10.1 Å². The predicted octanol–water partition coefficient (Wildman–Crippen LogP) is 7.15. The lowest BCUT2D eigenvalue weighted by Crippen LogP contribution is -2.33. The molecule has 3 aromatic rings. The molecule has 10 heteroatoms. The summed E-state index contributed by atoms with van der Waals surface area (Å²) in [5.74, 6) is -0.144. The van der Waals surface area contributed by atoms with Crippen molar-refractivity contribution in [1.29, 1.82) is 0 Å². The average Bonchev–Trinajstić information content (AvgIpc) is 3.06. The van der Waals surface area contributed by atoms with Crippen LogP contribution in [-0.2, 0) is 4.79 Å². The van der Waals surface area contributed by atoms with Crippen LogP contribution in [0.3, 0.4) is 0 Å². The van der Waals surface area contributed by atoms with Crippen LogP contribution in [-0.4, -0.2) is 16.7 Å². The maximum Gasteiger partial charge on any atom is 0.282 e. The van der Waals surface area contributed by atoms with Crippen LogP contribution in [0.1, 0.15) is 11.1 Å². The van der Waals surface area contributed by atoms with E-state index in [4.69, 9.17) is 34.8 Å². The van der Waals surface area contributed by atoms with Gasteiger partial charge in [0.25, 0.3) is 11.6 Å². The van der Waals surface area contributed by atoms with E-state index in [0.717, 1.165) is 0 Å². The van der Waals surface area contributed by atoms with Crippen molar-refractivity contribution in [3.63, 3.8) is 0 Å². The second kappa shape index (κ2) is 9.03. The molecule has 1 aliphatic heterocycles. The average molecular weight is 552 g/mol. The van der Waals surface area contributed by atoms with Crippen molar-refractivity contribution < 1.29 is 9.72 Å². The van der Waals surface area contributed by atoms with Crippen molar-refractivity contribution in [2.75, 3.05) is 4.90 Å². The first-order chi connectivity index (χ1) is 15.3. The Morgan fingerprint density at radius 3 is 2.34 bits per heavy atom. The van der Waals surface area contributed by atoms with Crippen LogP contribution >= 0.6 is 50.7 Å². The van der Waals surface area contributed by atoms with E-state index in [9.17, 15) is 14.9 Å². The molecule has 6 nitrogen and oxygen atoms in total. The fourth-order valence-electron chi connectivity index (χ4n) is 3.14. The number of aliphatic imine (C=N–C) groups is 1. The van der Waals surface area contributed by atoms with Crippen molar-refractivity contribution in [3.05, 3.63) is 107 Å². The molecular formula is C22H11BrCl3N3O3. The van der Waals surface area contributed by atoms with Gasteiger partial charge in [0.15, 0.2) is 0 Å². The second-order valence-electron chi connectivity index (χ2n) is 6.65. The summed E-state index contributed by atoms with van der Waals surface area (Å²) in [5, 5.41) is 12.0. The molecule has 4 rings (SSSR count). The number of amidine groups is 1. The van der Waals surface area contributed by atoms with Crippen LogP contribution in [0.5, 0.6) is 0 Å². The Labute approximate surface area is 206 Å². The smallest absolute Gasteiger partial charge is 0.266 e. The molecule has 0 radical (unpaired) electrons. The van der Waals surface area contributed by atoms with Gasteiger partial charge in [0.05, 0.1) is 20.1 Å². The highest BCUT2D eigenvalue weighted by Crippen LogP contribution is 2.41. The van der Waals surface area contributed by atoms with Gasteiger partial charge in [0.2, 0.25) is 0 Å². The third-order valence-electron chi connectivity index (χ3n) is 4.58. The number of nitro groups is 1. The molecule has 0 unspecified atom stereocenters. The summed E-state index contributed by atoms with van der Waals surface area (Å²) >= 11 is 21.9. The highest BCUT2D eigenvalue weighted by atomic mass is 79.9. The first-order valence-electron chi connectivity index (χ1n) is 9.05. The van der Waals surface area contributed by atoms with E-state index in [-0.39, 0.29) is 26.6 Å². The molecule has 160 valence electrons. The van der Waals surface area contributed by atoms with Crippen LogP contribution in [0.15, 0.2) is 75.8 Å². The minimum Gasteiger partial charge on any atom is -0.266 e. The molecule has 0 bridgehead atoms. The number of nitrogens with zero attached hydrogens (tertiary/aromatic N) is 3. The van der Waals surface area contributed by atoms with Gasteiger partial charge in [-0.3, -0.25) is 19.8 Å². The minimum absolute atomic E-state index is 0.0221. The quantitative estimate of drug-likeness (QED) is 0.196. The molecule has 1 aliphatic rings. The van der Waals surface area contributed by atoms with Crippen LogP contribution in [0.2, 0.25) is 15.1 Å². The number of rotatable bonds is 4. The van der Waals surface area contributed by atoms with Crippen molar-refractivity contribution in [2.24, 2.45) is 4.99 Å². The second-order valence-corrected chi connectivity index (χ2v) is 8.76. The number of nitro benzene ring substituents is 1. The Balaban J connectivity index is 1.89. The Morgan fingerprint density at radius 1 is 1.00 bits per heavy atom. The number of hydrogen-bond donors (Lipinski definition) is 0. The number of anilines is 1. The molecule has 0 fully saturated rings. The van der Waals surface area contributed by atoms with Gasteiger partial charge in [0, 0.05) is 27.7 Å². The summed E-state index contributed by atoms with van der Waals surface area (Å²) in [5.41, 5.74) is 1.38. The van der Waals surface area contributed by atoms with Crippen LogP contribution in [0.4, 0.5) is 11.4 Å². The van der Waals surface area contributed by atoms with Gasteiger partial charge in [-0.1, -0.05) is 71.2 Å². The highest BCUT2D eigenvalue weighted by Gasteiger charge is 2.35. The number of hydrogen-bond acceptors (Lipinski definition) is 4. The summed E-state index contributed by atoms with van der Waals surface area (Å²) in [6, 6.07) is 16.4. The maximum atomic E-state index is 13.5. The molecule has 0 N–H and O–H groups in total. The number of halogens is 4. The first kappa shape index (κ1) is 22.5. The number of benzene rings is 3. The zero-order valence-electron chi connectivity index (χ0n) is 15.9. The molecule has 1 heterocycles. The van der Waals surface area contributed by atoms with E-state index in [1.807, 2.05) is 18.2 Å². The largest absolute Gasteiger partial charge is 0.282 e. The maximum absolute atomic E-state index is 13.5. The molecule has 0 saturated heterocycles. The van der Waals surface area contributed by atoms with E-state index in [1.54, 1.807) is 36.4 Å². The van der Waals surface area contributed by atoms with E-state index < -0.39 is 10.8 Å². The topological polar surface area (TPSA) is 75.8 Å². The summed E-state index contributed by atoms with van der Waals surface area (Å²) in [4.78, 5) is 29.9. The van der Waals surface area contributed by atoms with Gasteiger partial charge < -0.3 is 0 Å². The normalized spacial score (nSPS) is 14.8.